The molecule has 0 aliphatic heterocycles. The van der Waals surface area contributed by atoms with E-state index in [9.17, 15) is 0 Å². The van der Waals surface area contributed by atoms with Crippen LogP contribution in [0, 0.1) is 0 Å². The first-order valence-electron chi connectivity index (χ1n) is 0. The SMILES string of the molecule is [Hf].[Ta].[Ti].[W]. The second kappa shape index (κ2) is 16.6. The van der Waals surface area contributed by atoms with Gasteiger partial charge in [-0.3, -0.25) is 0 Å². The van der Waals surface area contributed by atoms with Crippen molar-refractivity contribution in [3.05, 3.63) is 0 Å². The fraction of sp³-hybridized carbons (Fsp3) is 0. The molecular weight excluding hydrogens is 591 g/mol. The van der Waals surface area contributed by atoms with Crippen LogP contribution in [0.1, 0.15) is 0 Å². The van der Waals surface area contributed by atoms with E-state index in [-0.39, 0.29) is 91.0 Å². The summed E-state index contributed by atoms with van der Waals surface area (Å²) in [4.78, 5) is 0. The molecule has 4 heavy (non-hydrogen) atoms. The van der Waals surface area contributed by atoms with Crippen LogP contribution in [-0.4, -0.2) is 0 Å². The fourth-order valence-corrected chi connectivity index (χ4v) is 0. The van der Waals surface area contributed by atoms with E-state index in [1.807, 2.05) is 0 Å². The van der Waals surface area contributed by atoms with Crippen LogP contribution in [-0.2, 0) is 91.0 Å². The Labute approximate surface area is 89.3 Å². The quantitative estimate of drug-likeness (QED) is 0.349. The fourth-order valence-electron chi connectivity index (χ4n) is 0. The van der Waals surface area contributed by atoms with Gasteiger partial charge in [0.2, 0.25) is 0 Å². The normalized spacial score (nSPS) is 0. The van der Waals surface area contributed by atoms with Crippen LogP contribution in [0.25, 0.3) is 0 Å². The van der Waals surface area contributed by atoms with Gasteiger partial charge in [0.1, 0.15) is 0 Å². The minimum atomic E-state index is 0. The Morgan fingerprint density at radius 2 is 1.00 bits per heavy atom. The van der Waals surface area contributed by atoms with Crippen molar-refractivity contribution in [2.75, 3.05) is 0 Å². The van der Waals surface area contributed by atoms with E-state index in [0.29, 0.717) is 0 Å². The maximum Gasteiger partial charge on any atom is 0 e. The van der Waals surface area contributed by atoms with Crippen molar-refractivity contribution in [3.63, 3.8) is 0 Å². The molecule has 0 atom stereocenters. The largest absolute Gasteiger partial charge is 0 e. The van der Waals surface area contributed by atoms with E-state index < -0.39 is 0 Å². The number of hydrogen-bond acceptors (Lipinski definition) is 0. The molecule has 0 heterocycles. The van der Waals surface area contributed by atoms with E-state index in [1.165, 1.54) is 0 Å². The molecule has 0 rings (SSSR count). The summed E-state index contributed by atoms with van der Waals surface area (Å²) in [5.41, 5.74) is 0. The van der Waals surface area contributed by atoms with E-state index >= 15 is 0 Å². The third-order valence-electron chi connectivity index (χ3n) is 0. The molecule has 0 saturated heterocycles. The Morgan fingerprint density at radius 1 is 1.00 bits per heavy atom. The van der Waals surface area contributed by atoms with Crippen LogP contribution in [0.4, 0.5) is 0 Å². The summed E-state index contributed by atoms with van der Waals surface area (Å²) in [6.07, 6.45) is 0. The van der Waals surface area contributed by atoms with Gasteiger partial charge < -0.3 is 0 Å². The summed E-state index contributed by atoms with van der Waals surface area (Å²) >= 11 is 0. The predicted octanol–water partition coefficient (Wildman–Crippen LogP) is -0.0100. The van der Waals surface area contributed by atoms with Crippen LogP contribution in [0.3, 0.4) is 0 Å². The molecule has 0 nitrogen and oxygen atoms in total. The van der Waals surface area contributed by atoms with Gasteiger partial charge in [0.05, 0.1) is 0 Å². The zero-order valence-electron chi connectivity index (χ0n) is 1.86. The summed E-state index contributed by atoms with van der Waals surface area (Å²) in [6.45, 7) is 0. The van der Waals surface area contributed by atoms with Crippen LogP contribution in [0.2, 0.25) is 0 Å². The van der Waals surface area contributed by atoms with Crippen molar-refractivity contribution in [2.45, 2.75) is 0 Å². The van der Waals surface area contributed by atoms with Gasteiger partial charge in [-0.15, -0.1) is 0 Å². The minimum Gasteiger partial charge on any atom is 0 e. The number of hydrogen-bond donors (Lipinski definition) is 0. The molecule has 4 heteroatoms. The molecule has 0 saturated carbocycles. The maximum absolute atomic E-state index is 0. The van der Waals surface area contributed by atoms with Gasteiger partial charge in [-0.1, -0.05) is 0 Å². The molecule has 1 radical (unpaired) electrons. The zero-order valence-corrected chi connectivity index (χ0v) is 13.2. The molecule has 0 aromatic heterocycles. The monoisotopic (exact) mass is 593 g/mol. The van der Waals surface area contributed by atoms with Crippen LogP contribution < -0.4 is 0 Å². The van der Waals surface area contributed by atoms with Gasteiger partial charge >= 0.3 is 0 Å². The Hall–Kier alpha value is 3.01. The summed E-state index contributed by atoms with van der Waals surface area (Å²) in [5, 5.41) is 0. The molecule has 0 aromatic carbocycles. The first-order chi connectivity index (χ1) is 0. The topological polar surface area (TPSA) is 0 Å². The molecule has 0 aliphatic carbocycles. The van der Waals surface area contributed by atoms with Crippen molar-refractivity contribution in [1.82, 2.24) is 0 Å². The van der Waals surface area contributed by atoms with Crippen LogP contribution in [0.15, 0.2) is 0 Å². The zero-order chi connectivity index (χ0) is 0. The summed E-state index contributed by atoms with van der Waals surface area (Å²) < 4.78 is 0. The molecule has 0 unspecified atom stereocenters. The molecule has 0 amide bonds. The minimum absolute atomic E-state index is 0. The van der Waals surface area contributed by atoms with Gasteiger partial charge in [-0.2, -0.15) is 0 Å². The van der Waals surface area contributed by atoms with E-state index in [1.54, 1.807) is 0 Å². The summed E-state index contributed by atoms with van der Waals surface area (Å²) in [6, 6.07) is 0. The Kier molecular flexibility index (Phi) is 116. The van der Waals surface area contributed by atoms with Crippen molar-refractivity contribution >= 4 is 0 Å². The molecule has 0 aliphatic rings. The molecule has 0 N–H and O–H groups in total. The van der Waals surface area contributed by atoms with Crippen molar-refractivity contribution < 1.29 is 91.0 Å². The second-order valence-corrected chi connectivity index (χ2v) is 0. The summed E-state index contributed by atoms with van der Waals surface area (Å²) in [5.74, 6) is 0. The Balaban J connectivity index is 0. The first kappa shape index (κ1) is 27.9. The van der Waals surface area contributed by atoms with Gasteiger partial charge in [0.25, 0.3) is 0 Å². The van der Waals surface area contributed by atoms with Gasteiger partial charge in [-0.25, -0.2) is 0 Å². The average Bonchev–Trinajstić information content (AvgIpc) is 0. The number of rotatable bonds is 0. The molecule has 0 fully saturated rings. The summed E-state index contributed by atoms with van der Waals surface area (Å²) in [7, 11) is 0. The average molecular weight is 591 g/mol. The molecule has 0 aromatic rings. The van der Waals surface area contributed by atoms with E-state index in [0.717, 1.165) is 0 Å². The standard InChI is InChI=1S/Hf.Ta.Ti.W. The molecule has 0 bridgehead atoms. The second-order valence-electron chi connectivity index (χ2n) is 0. The first-order valence-corrected chi connectivity index (χ1v) is 0. The van der Waals surface area contributed by atoms with Crippen LogP contribution in [0.5, 0.6) is 0 Å². The van der Waals surface area contributed by atoms with Gasteiger partial charge in [0.15, 0.2) is 0 Å². The van der Waals surface area contributed by atoms with E-state index in [2.05, 4.69) is 0 Å². The molecule has 0 spiro atoms. The third-order valence-corrected chi connectivity index (χ3v) is 0. The Bertz CT molecular complexity index is 8.00. The van der Waals surface area contributed by atoms with Crippen molar-refractivity contribution in [3.8, 4) is 0 Å². The Morgan fingerprint density at radius 3 is 1.00 bits per heavy atom. The van der Waals surface area contributed by atoms with Gasteiger partial charge in [-0.05, 0) is 0 Å². The van der Waals surface area contributed by atoms with Gasteiger partial charge in [0, 0.05) is 91.0 Å². The third kappa shape index (κ3) is 8.89. The molecular formula is HfTaTiW. The van der Waals surface area contributed by atoms with E-state index in [4.69, 9.17) is 0 Å². The van der Waals surface area contributed by atoms with Crippen LogP contribution >= 0.6 is 0 Å². The molecule has 19 valence electrons. The maximum atomic E-state index is 0. The van der Waals surface area contributed by atoms with Crippen molar-refractivity contribution in [2.24, 2.45) is 0 Å². The predicted molar refractivity (Wildman–Crippen MR) is 0 cm³/mol. The van der Waals surface area contributed by atoms with Crippen molar-refractivity contribution in [1.29, 1.82) is 0 Å². The smallest absolute Gasteiger partial charge is 0 e.